The van der Waals surface area contributed by atoms with E-state index in [9.17, 15) is 9.90 Å². The number of carboxylic acid groups (broad SMARTS) is 1. The van der Waals surface area contributed by atoms with Crippen LogP contribution in [0.15, 0.2) is 18.7 Å². The first kappa shape index (κ1) is 12.1. The fraction of sp³-hybridized carbons (Fsp3) is 0.400. The number of anilines is 1. The Bertz CT molecular complexity index is 584. The molecule has 0 spiro atoms. The zero-order valence-corrected chi connectivity index (χ0v) is 10.6. The van der Waals surface area contributed by atoms with Crippen molar-refractivity contribution in [2.24, 2.45) is 0 Å². The second kappa shape index (κ2) is 4.59. The molecule has 3 rings (SSSR count). The number of aliphatic hydroxyl groups is 1. The maximum atomic E-state index is 11.2. The summed E-state index contributed by atoms with van der Waals surface area (Å²) in [4.78, 5) is 20.9. The van der Waals surface area contributed by atoms with Gasteiger partial charge in [-0.1, -0.05) is 0 Å². The van der Waals surface area contributed by atoms with E-state index in [4.69, 9.17) is 5.11 Å². The molecule has 1 aliphatic rings. The molecule has 0 aliphatic carbocycles. The topological polar surface area (TPSA) is 104 Å². The van der Waals surface area contributed by atoms with E-state index in [-0.39, 0.29) is 13.0 Å². The van der Waals surface area contributed by atoms with E-state index < -0.39 is 18.1 Å². The van der Waals surface area contributed by atoms with Gasteiger partial charge in [0.05, 0.1) is 6.10 Å². The Morgan fingerprint density at radius 3 is 3.05 bits per heavy atom. The monoisotopic (exact) mass is 281 g/mol. The lowest BCUT2D eigenvalue weighted by Crippen LogP contribution is -2.35. The van der Waals surface area contributed by atoms with Gasteiger partial charge in [0.15, 0.2) is 0 Å². The van der Waals surface area contributed by atoms with E-state index >= 15 is 0 Å². The van der Waals surface area contributed by atoms with Crippen molar-refractivity contribution < 1.29 is 15.0 Å². The molecule has 9 heteroatoms. The third kappa shape index (κ3) is 2.17. The second-order valence-electron chi connectivity index (χ2n) is 4.24. The van der Waals surface area contributed by atoms with Crippen molar-refractivity contribution in [1.82, 2.24) is 18.9 Å². The Morgan fingerprint density at radius 2 is 2.37 bits per heavy atom. The number of β-amino-alcohol motifs (C(OH)–C–C–N with tert-alkyl or cyclic N) is 1. The quantitative estimate of drug-likeness (QED) is 0.799. The summed E-state index contributed by atoms with van der Waals surface area (Å²) in [6, 6.07) is -0.751. The van der Waals surface area contributed by atoms with Crippen LogP contribution in [0, 0.1) is 0 Å². The zero-order chi connectivity index (χ0) is 13.4. The van der Waals surface area contributed by atoms with E-state index in [1.165, 1.54) is 0 Å². The van der Waals surface area contributed by atoms with E-state index in [0.717, 1.165) is 11.5 Å². The number of imidazole rings is 1. The van der Waals surface area contributed by atoms with Gasteiger partial charge in [0.1, 0.15) is 12.4 Å². The van der Waals surface area contributed by atoms with Crippen molar-refractivity contribution in [3.05, 3.63) is 18.7 Å². The third-order valence-corrected chi connectivity index (χ3v) is 3.69. The summed E-state index contributed by atoms with van der Waals surface area (Å²) >= 11 is 1.11. The highest BCUT2D eigenvalue weighted by atomic mass is 32.1. The minimum absolute atomic E-state index is 0.204. The molecule has 0 saturated carbocycles. The summed E-state index contributed by atoms with van der Waals surface area (Å²) in [5.41, 5.74) is 0. The molecule has 2 N–H and O–H groups in total. The minimum Gasteiger partial charge on any atom is -0.480 e. The summed E-state index contributed by atoms with van der Waals surface area (Å²) in [5.74, 6) is -0.515. The van der Waals surface area contributed by atoms with Gasteiger partial charge in [-0.3, -0.25) is 4.57 Å². The molecular weight excluding hydrogens is 270 g/mol. The van der Waals surface area contributed by atoms with Gasteiger partial charge in [0, 0.05) is 36.9 Å². The Labute approximate surface area is 112 Å². The van der Waals surface area contributed by atoms with Gasteiger partial charge in [-0.15, -0.1) is 0 Å². The number of hydrogen-bond donors (Lipinski definition) is 2. The van der Waals surface area contributed by atoms with Crippen molar-refractivity contribution in [2.75, 3.05) is 11.4 Å². The number of aromatic nitrogens is 4. The van der Waals surface area contributed by atoms with Crippen molar-refractivity contribution in [2.45, 2.75) is 18.6 Å². The molecule has 1 fully saturated rings. The number of carbonyl (C=O) groups is 1. The normalized spacial score (nSPS) is 22.9. The average Bonchev–Trinajstić information content (AvgIpc) is 3.07. The Kier molecular flexibility index (Phi) is 2.91. The van der Waals surface area contributed by atoms with E-state index in [1.54, 1.807) is 28.2 Å². The van der Waals surface area contributed by atoms with Crippen LogP contribution in [-0.4, -0.2) is 53.8 Å². The summed E-state index contributed by atoms with van der Waals surface area (Å²) in [6.45, 7) is 0.259. The van der Waals surface area contributed by atoms with Crippen molar-refractivity contribution in [3.63, 3.8) is 0 Å². The van der Waals surface area contributed by atoms with Crippen LogP contribution in [0.4, 0.5) is 5.13 Å². The summed E-state index contributed by atoms with van der Waals surface area (Å²) in [5, 5.41) is 19.2. The Balaban J connectivity index is 1.88. The molecule has 0 bridgehead atoms. The molecule has 0 aromatic carbocycles. The third-order valence-electron chi connectivity index (χ3n) is 2.95. The predicted molar refractivity (Wildman–Crippen MR) is 66.4 cm³/mol. The van der Waals surface area contributed by atoms with Gasteiger partial charge >= 0.3 is 5.97 Å². The van der Waals surface area contributed by atoms with Crippen LogP contribution in [-0.2, 0) is 4.79 Å². The van der Waals surface area contributed by atoms with Crippen molar-refractivity contribution >= 4 is 22.6 Å². The van der Waals surface area contributed by atoms with Crippen LogP contribution in [0.3, 0.4) is 0 Å². The molecule has 0 unspecified atom stereocenters. The number of hydrogen-bond acceptors (Lipinski definition) is 7. The molecule has 0 amide bonds. The number of aliphatic carboxylic acids is 1. The van der Waals surface area contributed by atoms with E-state index in [1.807, 2.05) is 0 Å². The van der Waals surface area contributed by atoms with Crippen LogP contribution in [0.25, 0.3) is 5.95 Å². The summed E-state index contributed by atoms with van der Waals surface area (Å²) in [6.07, 6.45) is 4.44. The van der Waals surface area contributed by atoms with Gasteiger partial charge in [-0.2, -0.15) is 9.36 Å². The fourth-order valence-corrected chi connectivity index (χ4v) is 2.79. The second-order valence-corrected chi connectivity index (χ2v) is 4.97. The van der Waals surface area contributed by atoms with Crippen LogP contribution >= 0.6 is 11.5 Å². The predicted octanol–water partition coefficient (Wildman–Crippen LogP) is -0.252. The number of nitrogens with zero attached hydrogens (tertiary/aromatic N) is 5. The van der Waals surface area contributed by atoms with Gasteiger partial charge in [-0.05, 0) is 0 Å². The lowest BCUT2D eigenvalue weighted by molar-refractivity contribution is -0.138. The maximum absolute atomic E-state index is 11.2. The van der Waals surface area contributed by atoms with Gasteiger partial charge in [-0.25, -0.2) is 9.78 Å². The molecule has 100 valence electrons. The highest BCUT2D eigenvalue weighted by Crippen LogP contribution is 2.28. The molecule has 3 heterocycles. The highest BCUT2D eigenvalue weighted by molar-refractivity contribution is 7.09. The Morgan fingerprint density at radius 1 is 1.53 bits per heavy atom. The van der Waals surface area contributed by atoms with Crippen molar-refractivity contribution in [1.29, 1.82) is 0 Å². The van der Waals surface area contributed by atoms with Crippen LogP contribution < -0.4 is 4.90 Å². The molecule has 8 nitrogen and oxygen atoms in total. The summed E-state index contributed by atoms with van der Waals surface area (Å²) in [7, 11) is 0. The first-order chi connectivity index (χ1) is 9.15. The van der Waals surface area contributed by atoms with E-state index in [2.05, 4.69) is 14.3 Å². The lowest BCUT2D eigenvalue weighted by Gasteiger charge is -2.18. The standard InChI is InChI=1S/C10H11N5O3S/c16-6-3-7(8(17)18)15(4-6)10-12-9(13-19-10)14-2-1-11-5-14/h1-2,5-7,16H,3-4H2,(H,17,18)/t6-,7+/m1/s1. The number of carboxylic acids is 1. The van der Waals surface area contributed by atoms with Gasteiger partial charge in [0.2, 0.25) is 11.1 Å². The molecule has 0 radical (unpaired) electrons. The molecule has 1 saturated heterocycles. The first-order valence-electron chi connectivity index (χ1n) is 5.64. The van der Waals surface area contributed by atoms with Crippen molar-refractivity contribution in [3.8, 4) is 5.95 Å². The fourth-order valence-electron chi connectivity index (χ4n) is 2.07. The van der Waals surface area contributed by atoms with E-state index in [0.29, 0.717) is 11.1 Å². The molecule has 2 aromatic heterocycles. The molecular formula is C10H11N5O3S. The zero-order valence-electron chi connectivity index (χ0n) is 9.75. The van der Waals surface area contributed by atoms with Crippen LogP contribution in [0.1, 0.15) is 6.42 Å². The highest BCUT2D eigenvalue weighted by Gasteiger charge is 2.37. The lowest BCUT2D eigenvalue weighted by atomic mass is 10.2. The van der Waals surface area contributed by atoms with Crippen LogP contribution in [0.5, 0.6) is 0 Å². The van der Waals surface area contributed by atoms with Crippen LogP contribution in [0.2, 0.25) is 0 Å². The molecule has 19 heavy (non-hydrogen) atoms. The number of rotatable bonds is 3. The SMILES string of the molecule is O=C(O)[C@@H]1C[C@@H](O)CN1c1nc(-n2ccnc2)ns1. The van der Waals surface area contributed by atoms with Gasteiger partial charge in [0.25, 0.3) is 0 Å². The Hall–Kier alpha value is -2.00. The van der Waals surface area contributed by atoms with Gasteiger partial charge < -0.3 is 15.1 Å². The minimum atomic E-state index is -0.962. The number of aliphatic hydroxyl groups excluding tert-OH is 1. The molecule has 1 aliphatic heterocycles. The first-order valence-corrected chi connectivity index (χ1v) is 6.42. The largest absolute Gasteiger partial charge is 0.480 e. The molecule has 2 aromatic rings. The molecule has 2 atom stereocenters. The maximum Gasteiger partial charge on any atom is 0.326 e. The smallest absolute Gasteiger partial charge is 0.326 e. The average molecular weight is 281 g/mol. The summed E-state index contributed by atoms with van der Waals surface area (Å²) < 4.78 is 5.80.